The highest BCUT2D eigenvalue weighted by Gasteiger charge is 2.35. The minimum Gasteiger partial charge on any atom is -0.394 e. The minimum absolute atomic E-state index is 0.0552. The molecule has 5 N–H and O–H groups in total. The summed E-state index contributed by atoms with van der Waals surface area (Å²) in [7, 11) is 0. The van der Waals surface area contributed by atoms with Crippen molar-refractivity contribution in [2.24, 2.45) is 5.73 Å². The Labute approximate surface area is 118 Å². The van der Waals surface area contributed by atoms with Crippen molar-refractivity contribution in [2.75, 3.05) is 6.61 Å². The van der Waals surface area contributed by atoms with E-state index in [1.165, 1.54) is 0 Å². The molecule has 0 radical (unpaired) electrons. The number of carbonyl (C=O) groups is 1. The lowest BCUT2D eigenvalue weighted by Gasteiger charge is -2.15. The lowest BCUT2D eigenvalue weighted by molar-refractivity contribution is -0.112. The largest absolute Gasteiger partial charge is 0.394 e. The number of ether oxygens (including phenoxy) is 1. The summed E-state index contributed by atoms with van der Waals surface area (Å²) in [6.45, 7) is 2.98. The number of nitrogens with one attached hydrogen (secondary N) is 1. The van der Waals surface area contributed by atoms with Crippen LogP contribution in [0.1, 0.15) is 18.2 Å². The van der Waals surface area contributed by atoms with E-state index in [2.05, 4.69) is 6.58 Å². The lowest BCUT2D eigenvalue weighted by atomic mass is 10.1. The van der Waals surface area contributed by atoms with Crippen LogP contribution in [-0.4, -0.2) is 44.5 Å². The van der Waals surface area contributed by atoms with Gasteiger partial charge in [0.2, 0.25) is 5.91 Å². The first-order chi connectivity index (χ1) is 9.85. The van der Waals surface area contributed by atoms with Gasteiger partial charge in [-0.25, -0.2) is 4.79 Å². The first-order valence-electron chi connectivity index (χ1n) is 6.14. The van der Waals surface area contributed by atoms with Crippen molar-refractivity contribution in [1.29, 1.82) is 0 Å². The second-order valence-corrected chi connectivity index (χ2v) is 4.67. The zero-order valence-corrected chi connectivity index (χ0v) is 11.0. The smallest absolute Gasteiger partial charge is 0.330 e. The van der Waals surface area contributed by atoms with Crippen LogP contribution in [0.3, 0.4) is 0 Å². The Morgan fingerprint density at radius 3 is 2.76 bits per heavy atom. The van der Waals surface area contributed by atoms with Crippen molar-refractivity contribution < 1.29 is 19.7 Å². The van der Waals surface area contributed by atoms with Gasteiger partial charge in [-0.1, -0.05) is 6.58 Å². The second kappa shape index (κ2) is 5.64. The van der Waals surface area contributed by atoms with Gasteiger partial charge in [0.15, 0.2) is 0 Å². The molecule has 0 bridgehead atoms. The summed E-state index contributed by atoms with van der Waals surface area (Å²) in [5, 5.41) is 18.7. The number of aromatic nitrogens is 2. The van der Waals surface area contributed by atoms with Gasteiger partial charge in [-0.2, -0.15) is 0 Å². The number of aromatic amines is 1. The number of nitrogens with two attached hydrogens (primary N) is 1. The fraction of sp³-hybridized carbons (Fsp3) is 0.417. The molecule has 9 heteroatoms. The maximum Gasteiger partial charge on any atom is 0.330 e. The number of primary amides is 1. The van der Waals surface area contributed by atoms with Crippen LogP contribution in [0.4, 0.5) is 0 Å². The van der Waals surface area contributed by atoms with Crippen LogP contribution >= 0.6 is 0 Å². The first kappa shape index (κ1) is 15.2. The molecule has 1 amide bonds. The van der Waals surface area contributed by atoms with E-state index in [4.69, 9.17) is 15.6 Å². The molecule has 1 aliphatic rings. The summed E-state index contributed by atoms with van der Waals surface area (Å²) in [6.07, 6.45) is -1.48. The Morgan fingerprint density at radius 2 is 2.24 bits per heavy atom. The summed E-state index contributed by atoms with van der Waals surface area (Å²) >= 11 is 0. The van der Waals surface area contributed by atoms with Crippen molar-refractivity contribution in [1.82, 2.24) is 9.55 Å². The van der Waals surface area contributed by atoms with Crippen molar-refractivity contribution in [2.45, 2.75) is 24.9 Å². The number of H-pyrrole nitrogens is 1. The van der Waals surface area contributed by atoms with Crippen molar-refractivity contribution in [3.05, 3.63) is 39.2 Å². The number of rotatable bonds is 4. The van der Waals surface area contributed by atoms with E-state index in [0.29, 0.717) is 0 Å². The Hall–Kier alpha value is -2.23. The topological polar surface area (TPSA) is 148 Å². The van der Waals surface area contributed by atoms with Gasteiger partial charge in [0, 0.05) is 18.2 Å². The van der Waals surface area contributed by atoms with E-state index in [0.717, 1.165) is 10.8 Å². The van der Waals surface area contributed by atoms with E-state index in [1.54, 1.807) is 0 Å². The molecule has 1 aliphatic heterocycles. The highest BCUT2D eigenvalue weighted by Crippen LogP contribution is 2.27. The molecular formula is C12H15N3O6. The summed E-state index contributed by atoms with van der Waals surface area (Å²) in [5.74, 6) is -0.897. The Kier molecular flexibility index (Phi) is 4.07. The normalized spacial score (nSPS) is 25.0. The van der Waals surface area contributed by atoms with Crippen LogP contribution in [0.5, 0.6) is 0 Å². The van der Waals surface area contributed by atoms with Crippen molar-refractivity contribution in [3.8, 4) is 0 Å². The molecule has 1 fully saturated rings. The third-order valence-corrected chi connectivity index (χ3v) is 3.28. The zero-order valence-electron chi connectivity index (χ0n) is 11.0. The van der Waals surface area contributed by atoms with Gasteiger partial charge in [-0.3, -0.25) is 19.1 Å². The first-order valence-corrected chi connectivity index (χ1v) is 6.14. The van der Waals surface area contributed by atoms with Crippen LogP contribution in [0.2, 0.25) is 0 Å². The quantitative estimate of drug-likeness (QED) is 0.458. The predicted molar refractivity (Wildman–Crippen MR) is 71.2 cm³/mol. The second-order valence-electron chi connectivity index (χ2n) is 4.67. The zero-order chi connectivity index (χ0) is 15.7. The molecule has 0 aromatic carbocycles. The molecule has 114 valence electrons. The Balaban J connectivity index is 2.44. The van der Waals surface area contributed by atoms with Crippen LogP contribution < -0.4 is 17.0 Å². The number of amides is 1. The van der Waals surface area contributed by atoms with Gasteiger partial charge >= 0.3 is 5.69 Å². The third kappa shape index (κ3) is 2.79. The van der Waals surface area contributed by atoms with E-state index < -0.39 is 42.2 Å². The molecule has 21 heavy (non-hydrogen) atoms. The number of aliphatic hydroxyl groups excluding tert-OH is 2. The molecule has 9 nitrogen and oxygen atoms in total. The summed E-state index contributed by atoms with van der Waals surface area (Å²) in [5.41, 5.74) is 3.09. The average molecular weight is 297 g/mol. The van der Waals surface area contributed by atoms with E-state index >= 15 is 0 Å². The monoisotopic (exact) mass is 297 g/mol. The maximum atomic E-state index is 11.8. The third-order valence-electron chi connectivity index (χ3n) is 3.28. The van der Waals surface area contributed by atoms with Crippen LogP contribution in [0.15, 0.2) is 22.4 Å². The molecule has 1 aromatic rings. The fourth-order valence-corrected chi connectivity index (χ4v) is 2.10. The molecule has 3 atom stereocenters. The minimum atomic E-state index is -0.943. The standard InChI is InChI=1S/C12H15N3O6/c1-5(10(13)18)6-3-15(12(20)14-11(6)19)9-2-7(17)8(4-16)21-9/h3,7-9,16-17H,1-2,4H2,(H2,13,18)(H,14,19,20)/t7-,8+,9+/m0/s1. The molecule has 0 saturated carbocycles. The predicted octanol–water partition coefficient (Wildman–Crippen LogP) is -2.32. The highest BCUT2D eigenvalue weighted by atomic mass is 16.5. The molecular weight excluding hydrogens is 282 g/mol. The van der Waals surface area contributed by atoms with Gasteiger partial charge in [-0.15, -0.1) is 0 Å². The average Bonchev–Trinajstić information content (AvgIpc) is 2.79. The molecule has 0 spiro atoms. The number of nitrogens with zero attached hydrogens (tertiary/aromatic N) is 1. The van der Waals surface area contributed by atoms with E-state index in [9.17, 15) is 19.5 Å². The van der Waals surface area contributed by atoms with Crippen LogP contribution in [0.25, 0.3) is 5.57 Å². The Morgan fingerprint density at radius 1 is 1.57 bits per heavy atom. The Bertz CT molecular complexity index is 691. The molecule has 2 rings (SSSR count). The van der Waals surface area contributed by atoms with Gasteiger partial charge in [0.25, 0.3) is 5.56 Å². The molecule has 0 aliphatic carbocycles. The fourth-order valence-electron chi connectivity index (χ4n) is 2.10. The summed E-state index contributed by atoms with van der Waals surface area (Å²) in [6, 6.07) is 0. The number of hydrogen-bond donors (Lipinski definition) is 4. The van der Waals surface area contributed by atoms with Crippen molar-refractivity contribution in [3.63, 3.8) is 0 Å². The van der Waals surface area contributed by atoms with E-state index in [1.807, 2.05) is 4.98 Å². The van der Waals surface area contributed by atoms with Gasteiger partial charge < -0.3 is 20.7 Å². The van der Waals surface area contributed by atoms with Gasteiger partial charge in [-0.05, 0) is 0 Å². The molecule has 2 heterocycles. The molecule has 1 saturated heterocycles. The molecule has 0 unspecified atom stereocenters. The van der Waals surface area contributed by atoms with E-state index in [-0.39, 0.29) is 17.6 Å². The molecule has 1 aromatic heterocycles. The SMILES string of the molecule is C=C(C(N)=O)c1cn([C@H]2C[C@H](O)[C@@H](CO)O2)c(=O)[nH]c1=O. The van der Waals surface area contributed by atoms with Gasteiger partial charge in [0.1, 0.15) is 12.3 Å². The van der Waals surface area contributed by atoms with Crippen LogP contribution in [-0.2, 0) is 9.53 Å². The van der Waals surface area contributed by atoms with Gasteiger partial charge in [0.05, 0.1) is 18.3 Å². The lowest BCUT2D eigenvalue weighted by Crippen LogP contribution is -2.35. The number of hydrogen-bond acceptors (Lipinski definition) is 6. The number of carbonyl (C=O) groups excluding carboxylic acids is 1. The van der Waals surface area contributed by atoms with Crippen molar-refractivity contribution >= 4 is 11.5 Å². The maximum absolute atomic E-state index is 11.8. The summed E-state index contributed by atoms with van der Waals surface area (Å²) in [4.78, 5) is 36.6. The number of aliphatic hydroxyl groups is 2. The highest BCUT2D eigenvalue weighted by molar-refractivity contribution is 6.17. The van der Waals surface area contributed by atoms with Crippen LogP contribution in [0, 0.1) is 0 Å². The summed E-state index contributed by atoms with van der Waals surface area (Å²) < 4.78 is 6.34.